The van der Waals surface area contributed by atoms with Gasteiger partial charge in [-0.1, -0.05) is 0 Å². The molecular formula is C19H17N5O3S. The number of nitro groups is 1. The molecule has 1 unspecified atom stereocenters. The van der Waals surface area contributed by atoms with Crippen molar-refractivity contribution in [3.63, 3.8) is 0 Å². The molecule has 2 aliphatic rings. The first-order valence-electron chi connectivity index (χ1n) is 9.14. The number of fused-ring (bicyclic) bond motifs is 4. The van der Waals surface area contributed by atoms with Crippen molar-refractivity contribution in [2.24, 2.45) is 4.99 Å². The van der Waals surface area contributed by atoms with Crippen molar-refractivity contribution in [1.29, 1.82) is 0 Å². The highest BCUT2D eigenvalue weighted by molar-refractivity contribution is 7.19. The lowest BCUT2D eigenvalue weighted by molar-refractivity contribution is -0.523. The lowest BCUT2D eigenvalue weighted by Gasteiger charge is -2.17. The van der Waals surface area contributed by atoms with Crippen LogP contribution in [0.1, 0.15) is 23.8 Å². The first-order valence-corrected chi connectivity index (χ1v) is 9.96. The Kier molecular flexibility index (Phi) is 3.97. The summed E-state index contributed by atoms with van der Waals surface area (Å²) in [6, 6.07) is 3.41. The molecule has 1 atom stereocenters. The topological polar surface area (TPSA) is 103 Å². The predicted molar refractivity (Wildman–Crippen MR) is 106 cm³/mol. The summed E-state index contributed by atoms with van der Waals surface area (Å²) in [7, 11) is 0. The normalized spacial score (nSPS) is 17.0. The minimum atomic E-state index is -0.512. The number of benzene rings is 1. The minimum absolute atomic E-state index is 0.171. The van der Waals surface area contributed by atoms with Gasteiger partial charge in [-0.15, -0.1) is 11.3 Å². The third-order valence-electron chi connectivity index (χ3n) is 5.14. The highest BCUT2D eigenvalue weighted by atomic mass is 32.1. The van der Waals surface area contributed by atoms with Crippen LogP contribution in [0.2, 0.25) is 0 Å². The van der Waals surface area contributed by atoms with Gasteiger partial charge in [-0.2, -0.15) is 0 Å². The van der Waals surface area contributed by atoms with Crippen molar-refractivity contribution in [3.8, 4) is 5.75 Å². The van der Waals surface area contributed by atoms with E-state index in [0.717, 1.165) is 42.7 Å². The number of nitrogens with zero attached hydrogens (tertiary/aromatic N) is 4. The molecule has 142 valence electrons. The largest absolute Gasteiger partial charge is 0.492 e. The molecule has 3 aromatic rings. The van der Waals surface area contributed by atoms with Crippen molar-refractivity contribution in [1.82, 2.24) is 9.97 Å². The first kappa shape index (κ1) is 17.1. The molecule has 0 saturated heterocycles. The molecule has 1 aromatic carbocycles. The van der Waals surface area contributed by atoms with Crippen LogP contribution in [0.15, 0.2) is 23.5 Å². The lowest BCUT2D eigenvalue weighted by atomic mass is 9.93. The second-order valence-electron chi connectivity index (χ2n) is 6.81. The average molecular weight is 395 g/mol. The summed E-state index contributed by atoms with van der Waals surface area (Å²) in [4.78, 5) is 26.0. The van der Waals surface area contributed by atoms with E-state index in [4.69, 9.17) is 4.74 Å². The maximum atomic E-state index is 11.2. The zero-order valence-corrected chi connectivity index (χ0v) is 16.0. The van der Waals surface area contributed by atoms with Gasteiger partial charge in [-0.3, -0.25) is 15.1 Å². The Morgan fingerprint density at radius 2 is 2.29 bits per heavy atom. The highest BCUT2D eigenvalue weighted by Gasteiger charge is 2.31. The number of thiophene rings is 1. The molecule has 5 rings (SSSR count). The fourth-order valence-corrected chi connectivity index (χ4v) is 5.00. The van der Waals surface area contributed by atoms with E-state index in [1.165, 1.54) is 17.7 Å². The second-order valence-corrected chi connectivity index (χ2v) is 7.90. The van der Waals surface area contributed by atoms with Crippen molar-refractivity contribution >= 4 is 39.3 Å². The third-order valence-corrected chi connectivity index (χ3v) is 6.30. The zero-order valence-electron chi connectivity index (χ0n) is 15.1. The van der Waals surface area contributed by atoms with E-state index < -0.39 is 6.04 Å². The molecule has 0 amide bonds. The van der Waals surface area contributed by atoms with Gasteiger partial charge < -0.3 is 10.1 Å². The molecule has 2 aromatic heterocycles. The lowest BCUT2D eigenvalue weighted by Crippen LogP contribution is -2.31. The summed E-state index contributed by atoms with van der Waals surface area (Å²) in [6.07, 6.45) is 5.01. The van der Waals surface area contributed by atoms with Gasteiger partial charge in [-0.05, 0) is 25.0 Å². The summed E-state index contributed by atoms with van der Waals surface area (Å²) >= 11 is 1.53. The molecule has 3 heterocycles. The number of ether oxygens (including phenoxy) is 1. The number of hydrogen-bond acceptors (Lipinski definition) is 8. The molecule has 8 nitrogen and oxygen atoms in total. The van der Waals surface area contributed by atoms with E-state index >= 15 is 0 Å². The van der Waals surface area contributed by atoms with Gasteiger partial charge in [0.1, 0.15) is 22.7 Å². The zero-order chi connectivity index (χ0) is 19.3. The molecule has 28 heavy (non-hydrogen) atoms. The quantitative estimate of drug-likeness (QED) is 0.525. The monoisotopic (exact) mass is 395 g/mol. The van der Waals surface area contributed by atoms with E-state index in [9.17, 15) is 10.1 Å². The number of aromatic nitrogens is 2. The highest BCUT2D eigenvalue weighted by Crippen LogP contribution is 2.40. The minimum Gasteiger partial charge on any atom is -0.492 e. The van der Waals surface area contributed by atoms with Gasteiger partial charge in [-0.25, -0.2) is 9.97 Å². The Morgan fingerprint density at radius 1 is 1.39 bits per heavy atom. The van der Waals surface area contributed by atoms with Crippen LogP contribution in [-0.2, 0) is 12.8 Å². The van der Waals surface area contributed by atoms with Gasteiger partial charge in [0.25, 0.3) is 0 Å². The molecule has 0 radical (unpaired) electrons. The Bertz CT molecular complexity index is 1240. The SMILES string of the molecule is CCOc1cc2c(cc1Nc1ncnc3sc4c(c13)CCC([N+](=O)[O-])C4)=CN=2. The Morgan fingerprint density at radius 3 is 3.04 bits per heavy atom. The summed E-state index contributed by atoms with van der Waals surface area (Å²) in [6.45, 7) is 2.49. The fourth-order valence-electron chi connectivity index (χ4n) is 3.74. The summed E-state index contributed by atoms with van der Waals surface area (Å²) in [5, 5.41) is 17.5. The summed E-state index contributed by atoms with van der Waals surface area (Å²) < 4.78 is 5.77. The maximum absolute atomic E-state index is 11.2. The third kappa shape index (κ3) is 2.70. The van der Waals surface area contributed by atoms with Crippen molar-refractivity contribution in [2.75, 3.05) is 11.9 Å². The summed E-state index contributed by atoms with van der Waals surface area (Å²) in [5.41, 5.74) is 1.95. The van der Waals surface area contributed by atoms with Gasteiger partial charge in [0.05, 0.1) is 23.0 Å². The molecule has 0 saturated carbocycles. The first-order chi connectivity index (χ1) is 13.6. The van der Waals surface area contributed by atoms with Gasteiger partial charge in [0, 0.05) is 40.1 Å². The molecular weight excluding hydrogens is 378 g/mol. The van der Waals surface area contributed by atoms with Gasteiger partial charge >= 0.3 is 0 Å². The van der Waals surface area contributed by atoms with Crippen LogP contribution in [0.5, 0.6) is 5.75 Å². The number of anilines is 2. The van der Waals surface area contributed by atoms with Crippen LogP contribution in [0.4, 0.5) is 11.5 Å². The van der Waals surface area contributed by atoms with E-state index in [0.29, 0.717) is 31.7 Å². The van der Waals surface area contributed by atoms with E-state index in [1.54, 1.807) is 0 Å². The van der Waals surface area contributed by atoms with Crippen LogP contribution in [0.3, 0.4) is 0 Å². The van der Waals surface area contributed by atoms with Crippen molar-refractivity contribution in [3.05, 3.63) is 49.6 Å². The molecule has 0 bridgehead atoms. The van der Waals surface area contributed by atoms with Crippen LogP contribution < -0.4 is 20.6 Å². The van der Waals surface area contributed by atoms with Crippen LogP contribution in [0.25, 0.3) is 16.4 Å². The van der Waals surface area contributed by atoms with Crippen LogP contribution >= 0.6 is 11.3 Å². The number of rotatable bonds is 5. The maximum Gasteiger partial charge on any atom is 0.218 e. The summed E-state index contributed by atoms with van der Waals surface area (Å²) in [5.74, 6) is 1.43. The Labute approximate surface area is 163 Å². The van der Waals surface area contributed by atoms with E-state index in [1.807, 2.05) is 25.3 Å². The smallest absolute Gasteiger partial charge is 0.218 e. The van der Waals surface area contributed by atoms with E-state index in [-0.39, 0.29) is 4.92 Å². The van der Waals surface area contributed by atoms with Crippen LogP contribution in [0, 0.1) is 10.1 Å². The molecule has 9 heteroatoms. The average Bonchev–Trinajstić information content (AvgIpc) is 3.05. The van der Waals surface area contributed by atoms with Crippen molar-refractivity contribution < 1.29 is 9.66 Å². The molecule has 1 aliphatic heterocycles. The van der Waals surface area contributed by atoms with E-state index in [2.05, 4.69) is 20.3 Å². The fraction of sp³-hybridized carbons (Fsp3) is 0.316. The van der Waals surface area contributed by atoms with Gasteiger partial charge in [0.2, 0.25) is 6.04 Å². The van der Waals surface area contributed by atoms with Gasteiger partial charge in [0.15, 0.2) is 0 Å². The Balaban J connectivity index is 1.58. The predicted octanol–water partition coefficient (Wildman–Crippen LogP) is 2.34. The molecule has 1 aliphatic carbocycles. The van der Waals surface area contributed by atoms with Crippen molar-refractivity contribution in [2.45, 2.75) is 32.2 Å². The molecule has 1 N–H and O–H groups in total. The molecule has 0 fully saturated rings. The van der Waals surface area contributed by atoms with Crippen LogP contribution in [-0.4, -0.2) is 27.5 Å². The number of aryl methyl sites for hydroxylation is 1. The number of nitrogens with one attached hydrogen (secondary N) is 1. The number of hydrogen-bond donors (Lipinski definition) is 1. The second kappa shape index (κ2) is 6.52. The standard InChI is InChI=1S/C19H17N5O3S/c1-2-27-15-7-13-10(8-20-13)5-14(15)23-18-17-12-4-3-11(24(25)26)6-16(12)28-19(17)22-9-21-18/h5,7-9,11H,2-4,6H2,1H3,(H,21,22,23). The Hall–Kier alpha value is -3.07. The molecule has 0 spiro atoms.